The van der Waals surface area contributed by atoms with Gasteiger partial charge in [-0.15, -0.1) is 11.8 Å². The predicted molar refractivity (Wildman–Crippen MR) is 60.2 cm³/mol. The molecule has 13 heavy (non-hydrogen) atoms. The molecule has 2 fully saturated rings. The van der Waals surface area contributed by atoms with E-state index >= 15 is 0 Å². The Balaban J connectivity index is 2.18. The first-order chi connectivity index (χ1) is 5.97. The van der Waals surface area contributed by atoms with Gasteiger partial charge in [0, 0.05) is 23.1 Å². The van der Waals surface area contributed by atoms with Crippen LogP contribution in [0.3, 0.4) is 0 Å². The summed E-state index contributed by atoms with van der Waals surface area (Å²) in [6.45, 7) is 12.1. The van der Waals surface area contributed by atoms with E-state index in [9.17, 15) is 0 Å². The zero-order chi connectivity index (χ0) is 9.69. The molecule has 2 heteroatoms. The predicted octanol–water partition coefficient (Wildman–Crippen LogP) is 2.52. The lowest BCUT2D eigenvalue weighted by Gasteiger charge is -2.31. The van der Waals surface area contributed by atoms with Crippen LogP contribution in [0.1, 0.15) is 34.1 Å². The quantitative estimate of drug-likeness (QED) is 0.696. The molecule has 0 aromatic heterocycles. The van der Waals surface area contributed by atoms with Gasteiger partial charge in [-0.3, -0.25) is 0 Å². The molecule has 0 aromatic rings. The van der Waals surface area contributed by atoms with E-state index < -0.39 is 0 Å². The van der Waals surface area contributed by atoms with E-state index in [0.717, 1.165) is 11.2 Å². The van der Waals surface area contributed by atoms with Crippen LogP contribution in [0.25, 0.3) is 0 Å². The molecular formula is C11H21NS. The van der Waals surface area contributed by atoms with Gasteiger partial charge in [-0.1, -0.05) is 20.8 Å². The number of nitrogens with one attached hydrogen (secondary N) is 1. The van der Waals surface area contributed by atoms with Gasteiger partial charge in [0.1, 0.15) is 0 Å². The number of hydrogen-bond acceptors (Lipinski definition) is 2. The Labute approximate surface area is 86.0 Å². The first kappa shape index (κ1) is 9.85. The van der Waals surface area contributed by atoms with E-state index in [0.29, 0.717) is 10.2 Å². The maximum Gasteiger partial charge on any atom is 0.0325 e. The minimum Gasteiger partial charge on any atom is -0.315 e. The van der Waals surface area contributed by atoms with E-state index in [1.165, 1.54) is 19.5 Å². The van der Waals surface area contributed by atoms with Crippen molar-refractivity contribution in [2.45, 2.75) is 44.1 Å². The molecule has 1 N–H and O–H groups in total. The molecule has 0 radical (unpaired) electrons. The molecule has 2 aliphatic rings. The first-order valence-electron chi connectivity index (χ1n) is 5.35. The Morgan fingerprint density at radius 2 is 2.00 bits per heavy atom. The third-order valence-corrected chi connectivity index (χ3v) is 6.23. The van der Waals surface area contributed by atoms with E-state index in [-0.39, 0.29) is 0 Å². The standard InChI is InChI=1S/C11H21NS/c1-8(2)9-5-10(3)6-12-7-11(10,4)13-9/h8-9,12H,5-7H2,1-4H3. The van der Waals surface area contributed by atoms with Crippen LogP contribution in [-0.4, -0.2) is 23.1 Å². The van der Waals surface area contributed by atoms with Gasteiger partial charge in [0.05, 0.1) is 0 Å². The lowest BCUT2D eigenvalue weighted by atomic mass is 9.76. The fraction of sp³-hybridized carbons (Fsp3) is 1.00. The summed E-state index contributed by atoms with van der Waals surface area (Å²) < 4.78 is 0.502. The van der Waals surface area contributed by atoms with Crippen LogP contribution >= 0.6 is 11.8 Å². The Bertz CT molecular complexity index is 198. The number of rotatable bonds is 1. The van der Waals surface area contributed by atoms with Crippen LogP contribution in [0.5, 0.6) is 0 Å². The molecule has 2 rings (SSSR count). The number of thioether (sulfide) groups is 1. The van der Waals surface area contributed by atoms with E-state index in [1.54, 1.807) is 0 Å². The normalized spacial score (nSPS) is 50.1. The molecule has 3 unspecified atom stereocenters. The second-order valence-electron chi connectivity index (χ2n) is 5.50. The van der Waals surface area contributed by atoms with Gasteiger partial charge in [-0.05, 0) is 24.7 Å². The molecule has 1 nitrogen and oxygen atoms in total. The maximum atomic E-state index is 3.54. The van der Waals surface area contributed by atoms with Crippen molar-refractivity contribution in [2.75, 3.05) is 13.1 Å². The maximum absolute atomic E-state index is 3.54. The Hall–Kier alpha value is 0.310. The minimum atomic E-state index is 0.502. The zero-order valence-corrected chi connectivity index (χ0v) is 10.0. The summed E-state index contributed by atoms with van der Waals surface area (Å²) in [6, 6.07) is 0. The van der Waals surface area contributed by atoms with E-state index in [2.05, 4.69) is 44.8 Å². The summed E-state index contributed by atoms with van der Waals surface area (Å²) in [6.07, 6.45) is 1.40. The molecule has 2 saturated heterocycles. The summed E-state index contributed by atoms with van der Waals surface area (Å²) >= 11 is 2.23. The van der Waals surface area contributed by atoms with Gasteiger partial charge in [0.25, 0.3) is 0 Å². The fourth-order valence-corrected chi connectivity index (χ4v) is 4.66. The lowest BCUT2D eigenvalue weighted by Crippen LogP contribution is -2.34. The minimum absolute atomic E-state index is 0.502. The smallest absolute Gasteiger partial charge is 0.0325 e. The molecule has 2 heterocycles. The van der Waals surface area contributed by atoms with Crippen LogP contribution < -0.4 is 5.32 Å². The fourth-order valence-electron chi connectivity index (χ4n) is 2.64. The Morgan fingerprint density at radius 3 is 2.54 bits per heavy atom. The highest BCUT2D eigenvalue weighted by Crippen LogP contribution is 2.58. The van der Waals surface area contributed by atoms with Gasteiger partial charge in [-0.25, -0.2) is 0 Å². The summed E-state index contributed by atoms with van der Waals surface area (Å²) in [4.78, 5) is 0. The van der Waals surface area contributed by atoms with Crippen molar-refractivity contribution in [1.82, 2.24) is 5.32 Å². The molecule has 0 spiro atoms. The topological polar surface area (TPSA) is 12.0 Å². The van der Waals surface area contributed by atoms with E-state index in [1.807, 2.05) is 0 Å². The van der Waals surface area contributed by atoms with Crippen molar-refractivity contribution >= 4 is 11.8 Å². The average molecular weight is 199 g/mol. The summed E-state index contributed by atoms with van der Waals surface area (Å²) in [5, 5.41) is 4.43. The number of fused-ring (bicyclic) bond motifs is 1. The second kappa shape index (κ2) is 2.90. The van der Waals surface area contributed by atoms with Crippen molar-refractivity contribution in [2.24, 2.45) is 11.3 Å². The molecule has 3 atom stereocenters. The van der Waals surface area contributed by atoms with Crippen molar-refractivity contribution in [1.29, 1.82) is 0 Å². The van der Waals surface area contributed by atoms with Crippen LogP contribution in [0.2, 0.25) is 0 Å². The molecule has 0 bridgehead atoms. The highest BCUT2D eigenvalue weighted by atomic mass is 32.2. The Morgan fingerprint density at radius 1 is 1.31 bits per heavy atom. The van der Waals surface area contributed by atoms with Crippen LogP contribution in [0, 0.1) is 11.3 Å². The van der Waals surface area contributed by atoms with Gasteiger partial charge in [0.2, 0.25) is 0 Å². The molecule has 0 aliphatic carbocycles. The lowest BCUT2D eigenvalue weighted by molar-refractivity contribution is 0.291. The van der Waals surface area contributed by atoms with Crippen LogP contribution in [0.15, 0.2) is 0 Å². The van der Waals surface area contributed by atoms with Gasteiger partial charge >= 0.3 is 0 Å². The highest BCUT2D eigenvalue weighted by molar-refractivity contribution is 8.01. The van der Waals surface area contributed by atoms with Crippen LogP contribution in [0.4, 0.5) is 0 Å². The first-order valence-corrected chi connectivity index (χ1v) is 6.23. The molecular weight excluding hydrogens is 178 g/mol. The van der Waals surface area contributed by atoms with Crippen molar-refractivity contribution < 1.29 is 0 Å². The largest absolute Gasteiger partial charge is 0.315 e. The highest BCUT2D eigenvalue weighted by Gasteiger charge is 2.56. The third-order valence-electron chi connectivity index (χ3n) is 4.06. The molecule has 0 saturated carbocycles. The Kier molecular flexibility index (Phi) is 2.20. The third kappa shape index (κ3) is 1.33. The number of hydrogen-bond donors (Lipinski definition) is 1. The van der Waals surface area contributed by atoms with Gasteiger partial charge < -0.3 is 5.32 Å². The van der Waals surface area contributed by atoms with E-state index in [4.69, 9.17) is 0 Å². The van der Waals surface area contributed by atoms with Crippen LogP contribution in [-0.2, 0) is 0 Å². The molecule has 0 amide bonds. The molecule has 2 aliphatic heterocycles. The monoisotopic (exact) mass is 199 g/mol. The zero-order valence-electron chi connectivity index (χ0n) is 9.18. The summed E-state index contributed by atoms with van der Waals surface area (Å²) in [5.74, 6) is 0.837. The summed E-state index contributed by atoms with van der Waals surface area (Å²) in [7, 11) is 0. The molecule has 0 aromatic carbocycles. The van der Waals surface area contributed by atoms with Crippen molar-refractivity contribution in [3.05, 3.63) is 0 Å². The molecule has 76 valence electrons. The SMILES string of the molecule is CC(C)C1CC2(C)CNCC2(C)S1. The van der Waals surface area contributed by atoms with Gasteiger partial charge in [-0.2, -0.15) is 0 Å². The van der Waals surface area contributed by atoms with Crippen molar-refractivity contribution in [3.63, 3.8) is 0 Å². The summed E-state index contributed by atoms with van der Waals surface area (Å²) in [5.41, 5.74) is 0.548. The average Bonchev–Trinajstić information content (AvgIpc) is 2.38. The van der Waals surface area contributed by atoms with Gasteiger partial charge in [0.15, 0.2) is 0 Å². The van der Waals surface area contributed by atoms with Crippen molar-refractivity contribution in [3.8, 4) is 0 Å². The second-order valence-corrected chi connectivity index (χ2v) is 7.24.